The summed E-state index contributed by atoms with van der Waals surface area (Å²) in [6.07, 6.45) is 10.5. The quantitative estimate of drug-likeness (QED) is 0.789. The van der Waals surface area contributed by atoms with Gasteiger partial charge in [0.2, 0.25) is 10.0 Å². The van der Waals surface area contributed by atoms with Crippen LogP contribution in [-0.4, -0.2) is 48.7 Å². The average molecular weight is 390 g/mol. The van der Waals surface area contributed by atoms with Crippen molar-refractivity contribution in [3.05, 3.63) is 35.7 Å². The molecule has 4 rings (SSSR count). The van der Waals surface area contributed by atoms with Gasteiger partial charge >= 0.3 is 0 Å². The molecule has 1 atom stereocenters. The Morgan fingerprint density at radius 1 is 1.22 bits per heavy atom. The molecule has 146 valence electrons. The average Bonchev–Trinajstić information content (AvgIpc) is 3.28. The second-order valence-corrected chi connectivity index (χ2v) is 9.69. The molecule has 0 unspecified atom stereocenters. The lowest BCUT2D eigenvalue weighted by molar-refractivity contribution is 0.247. The molecule has 0 radical (unpaired) electrons. The summed E-state index contributed by atoms with van der Waals surface area (Å²) < 4.78 is 33.2. The fraction of sp³-hybridized carbons (Fsp3) is 0.550. The first-order valence-corrected chi connectivity index (χ1v) is 11.5. The summed E-state index contributed by atoms with van der Waals surface area (Å²) in [5, 5.41) is 0. The van der Waals surface area contributed by atoms with Gasteiger partial charge in [-0.3, -0.25) is 0 Å². The number of fused-ring (bicyclic) bond motifs is 1. The number of nitrogens with zero attached hydrogens (tertiary/aromatic N) is 3. The molecule has 7 heteroatoms. The summed E-state index contributed by atoms with van der Waals surface area (Å²) in [7, 11) is -1.42. The van der Waals surface area contributed by atoms with Crippen molar-refractivity contribution in [1.29, 1.82) is 0 Å². The van der Waals surface area contributed by atoms with Gasteiger partial charge in [0.25, 0.3) is 0 Å². The predicted molar refractivity (Wildman–Crippen MR) is 105 cm³/mol. The van der Waals surface area contributed by atoms with Crippen molar-refractivity contribution in [2.45, 2.75) is 38.6 Å². The molecule has 2 heterocycles. The van der Waals surface area contributed by atoms with Crippen LogP contribution in [0, 0.1) is 5.92 Å². The summed E-state index contributed by atoms with van der Waals surface area (Å²) >= 11 is 0. The largest absolute Gasteiger partial charge is 0.496 e. The Balaban J connectivity index is 1.61. The summed E-state index contributed by atoms with van der Waals surface area (Å²) in [5.74, 6) is 2.06. The minimum absolute atomic E-state index is 0.293. The van der Waals surface area contributed by atoms with Crippen LogP contribution >= 0.6 is 0 Å². The van der Waals surface area contributed by atoms with E-state index >= 15 is 0 Å². The van der Waals surface area contributed by atoms with Crippen LogP contribution in [0.5, 0.6) is 5.75 Å². The number of benzene rings is 1. The van der Waals surface area contributed by atoms with Gasteiger partial charge < -0.3 is 9.30 Å². The number of aryl methyl sites for hydroxylation is 2. The molecule has 1 aliphatic carbocycles. The van der Waals surface area contributed by atoms with E-state index in [1.165, 1.54) is 23.8 Å². The van der Waals surface area contributed by atoms with Gasteiger partial charge in [-0.25, -0.2) is 17.7 Å². The van der Waals surface area contributed by atoms with Crippen LogP contribution in [-0.2, 0) is 29.4 Å². The Morgan fingerprint density at radius 2 is 2.00 bits per heavy atom. The number of hydrogen-bond donors (Lipinski definition) is 0. The number of hydrogen-bond acceptors (Lipinski definition) is 4. The molecule has 0 bridgehead atoms. The fourth-order valence-corrected chi connectivity index (χ4v) is 5.34. The standard InChI is InChI=1S/C20H27N3O3S/c1-26-19-12-17-7-3-6-16(17)11-18(19)20-21-8-10-22(20)13-15-5-4-9-23(14-15)27(2,24)25/h8,10-12,15H,3-7,9,13-14H2,1-2H3/t15-/m0/s1. The Morgan fingerprint density at radius 3 is 2.74 bits per heavy atom. The van der Waals surface area contributed by atoms with E-state index in [9.17, 15) is 8.42 Å². The predicted octanol–water partition coefficient (Wildman–Crippen LogP) is 2.72. The van der Waals surface area contributed by atoms with Crippen LogP contribution in [0.1, 0.15) is 30.4 Å². The molecular weight excluding hydrogens is 362 g/mol. The number of sulfonamides is 1. The molecule has 27 heavy (non-hydrogen) atoms. The van der Waals surface area contributed by atoms with Crippen molar-refractivity contribution >= 4 is 10.0 Å². The van der Waals surface area contributed by atoms with Crippen molar-refractivity contribution in [3.63, 3.8) is 0 Å². The summed E-state index contributed by atoms with van der Waals surface area (Å²) in [6.45, 7) is 1.98. The maximum absolute atomic E-state index is 11.9. The Hall–Kier alpha value is -1.86. The molecule has 1 fully saturated rings. The number of piperidine rings is 1. The smallest absolute Gasteiger partial charge is 0.211 e. The Kier molecular flexibility index (Phi) is 4.99. The summed E-state index contributed by atoms with van der Waals surface area (Å²) in [6, 6.07) is 4.38. The van der Waals surface area contributed by atoms with Crippen LogP contribution in [0.25, 0.3) is 11.4 Å². The van der Waals surface area contributed by atoms with Crippen LogP contribution in [0.4, 0.5) is 0 Å². The zero-order valence-electron chi connectivity index (χ0n) is 16.0. The van der Waals surface area contributed by atoms with Gasteiger partial charge in [-0.2, -0.15) is 0 Å². The monoisotopic (exact) mass is 389 g/mol. The van der Waals surface area contributed by atoms with Crippen molar-refractivity contribution in [2.75, 3.05) is 26.5 Å². The molecule has 1 aliphatic heterocycles. The molecule has 1 aromatic carbocycles. The van der Waals surface area contributed by atoms with Crippen molar-refractivity contribution < 1.29 is 13.2 Å². The molecule has 1 saturated heterocycles. The van der Waals surface area contributed by atoms with Crippen molar-refractivity contribution in [3.8, 4) is 17.1 Å². The molecule has 0 spiro atoms. The van der Waals surface area contributed by atoms with E-state index in [0.717, 1.165) is 49.4 Å². The molecule has 2 aromatic rings. The molecule has 1 aromatic heterocycles. The lowest BCUT2D eigenvalue weighted by Gasteiger charge is -2.31. The number of imidazole rings is 1. The van der Waals surface area contributed by atoms with Gasteiger partial charge in [-0.1, -0.05) is 0 Å². The second-order valence-electron chi connectivity index (χ2n) is 7.71. The maximum Gasteiger partial charge on any atom is 0.211 e. The van der Waals surface area contributed by atoms with Gasteiger partial charge in [0.1, 0.15) is 11.6 Å². The van der Waals surface area contributed by atoms with Crippen LogP contribution in [0.15, 0.2) is 24.5 Å². The minimum atomic E-state index is -3.13. The second kappa shape index (κ2) is 7.28. The third-order valence-corrected chi connectivity index (χ3v) is 7.05. The topological polar surface area (TPSA) is 64.4 Å². The van der Waals surface area contributed by atoms with E-state index in [1.54, 1.807) is 11.4 Å². The van der Waals surface area contributed by atoms with Crippen LogP contribution in [0.3, 0.4) is 0 Å². The first kappa shape index (κ1) is 18.5. The lowest BCUT2D eigenvalue weighted by Crippen LogP contribution is -2.40. The van der Waals surface area contributed by atoms with E-state index in [2.05, 4.69) is 21.7 Å². The van der Waals surface area contributed by atoms with Gasteiger partial charge in [-0.15, -0.1) is 0 Å². The van der Waals surface area contributed by atoms with E-state index in [0.29, 0.717) is 19.0 Å². The van der Waals surface area contributed by atoms with E-state index in [1.807, 2.05) is 12.4 Å². The van der Waals surface area contributed by atoms with E-state index in [-0.39, 0.29) is 0 Å². The number of aromatic nitrogens is 2. The number of methoxy groups -OCH3 is 1. The summed E-state index contributed by atoms with van der Waals surface area (Å²) in [4.78, 5) is 4.60. The van der Waals surface area contributed by atoms with Gasteiger partial charge in [0.05, 0.1) is 18.9 Å². The number of rotatable bonds is 5. The third-order valence-electron chi connectivity index (χ3n) is 5.78. The van der Waals surface area contributed by atoms with Gasteiger partial charge in [-0.05, 0) is 61.3 Å². The highest BCUT2D eigenvalue weighted by Gasteiger charge is 2.27. The molecule has 0 N–H and O–H groups in total. The molecule has 0 saturated carbocycles. The SMILES string of the molecule is COc1cc2c(cc1-c1nccn1C[C@@H]1CCCN(S(C)(=O)=O)C1)CCC2. The Labute approximate surface area is 161 Å². The van der Waals surface area contributed by atoms with Gasteiger partial charge in [0, 0.05) is 32.0 Å². The lowest BCUT2D eigenvalue weighted by atomic mass is 9.99. The molecule has 0 amide bonds. The highest BCUT2D eigenvalue weighted by atomic mass is 32.2. The first-order chi connectivity index (χ1) is 13.0. The molecule has 2 aliphatic rings. The van der Waals surface area contributed by atoms with E-state index < -0.39 is 10.0 Å². The Bertz CT molecular complexity index is 936. The normalized spacial score (nSPS) is 20.6. The highest BCUT2D eigenvalue weighted by Crippen LogP contribution is 2.36. The third kappa shape index (κ3) is 3.75. The molecule has 6 nitrogen and oxygen atoms in total. The van der Waals surface area contributed by atoms with Crippen LogP contribution < -0.4 is 4.74 Å². The minimum Gasteiger partial charge on any atom is -0.496 e. The van der Waals surface area contributed by atoms with E-state index in [4.69, 9.17) is 4.74 Å². The zero-order valence-corrected chi connectivity index (χ0v) is 16.8. The highest BCUT2D eigenvalue weighted by molar-refractivity contribution is 7.88. The zero-order chi connectivity index (χ0) is 19.0. The maximum atomic E-state index is 11.9. The molecular formula is C20H27N3O3S. The van der Waals surface area contributed by atoms with Crippen LogP contribution in [0.2, 0.25) is 0 Å². The fourth-order valence-electron chi connectivity index (χ4n) is 4.40. The van der Waals surface area contributed by atoms with Gasteiger partial charge in [0.15, 0.2) is 0 Å². The number of ether oxygens (including phenoxy) is 1. The van der Waals surface area contributed by atoms with Crippen molar-refractivity contribution in [2.24, 2.45) is 5.92 Å². The first-order valence-electron chi connectivity index (χ1n) is 9.62. The van der Waals surface area contributed by atoms with Crippen molar-refractivity contribution in [1.82, 2.24) is 13.9 Å². The summed E-state index contributed by atoms with van der Waals surface area (Å²) in [5.41, 5.74) is 3.80.